The summed E-state index contributed by atoms with van der Waals surface area (Å²) in [4.78, 5) is 14.4. The first-order valence-electron chi connectivity index (χ1n) is 5.80. The minimum atomic E-state index is -3.71. The van der Waals surface area contributed by atoms with Gasteiger partial charge in [0.2, 0.25) is 10.0 Å². The quantitative estimate of drug-likeness (QED) is 0.879. The van der Waals surface area contributed by atoms with E-state index in [0.29, 0.717) is 10.6 Å². The van der Waals surface area contributed by atoms with Crippen molar-refractivity contribution in [3.05, 3.63) is 58.9 Å². The van der Waals surface area contributed by atoms with Crippen LogP contribution in [0.1, 0.15) is 16.1 Å². The van der Waals surface area contributed by atoms with Crippen molar-refractivity contribution in [3.8, 4) is 0 Å². The monoisotopic (exact) mass is 326 g/mol. The molecule has 0 spiro atoms. The second kappa shape index (κ2) is 6.11. The molecule has 1 heterocycles. The van der Waals surface area contributed by atoms with Crippen molar-refractivity contribution in [3.63, 3.8) is 0 Å². The van der Waals surface area contributed by atoms with Gasteiger partial charge in [-0.25, -0.2) is 18.2 Å². The fourth-order valence-electron chi connectivity index (χ4n) is 1.65. The summed E-state index contributed by atoms with van der Waals surface area (Å²) in [6, 6.07) is 9.11. The number of pyridine rings is 1. The lowest BCUT2D eigenvalue weighted by Gasteiger charge is -2.09. The van der Waals surface area contributed by atoms with Crippen LogP contribution in [0.5, 0.6) is 0 Å². The highest BCUT2D eigenvalue weighted by Crippen LogP contribution is 2.19. The predicted molar refractivity (Wildman–Crippen MR) is 78.9 cm³/mol. The number of benzene rings is 1. The largest absolute Gasteiger partial charge is 0.477 e. The Morgan fingerprint density at radius 3 is 2.67 bits per heavy atom. The number of aromatic carboxylic acids is 1. The third-order valence-electron chi connectivity index (χ3n) is 2.56. The van der Waals surface area contributed by atoms with E-state index in [2.05, 4.69) is 9.71 Å². The molecular formula is C13H11ClN2O4S. The summed E-state index contributed by atoms with van der Waals surface area (Å²) in [5.41, 5.74) is 0.349. The maximum absolute atomic E-state index is 12.1. The van der Waals surface area contributed by atoms with Crippen molar-refractivity contribution < 1.29 is 18.3 Å². The van der Waals surface area contributed by atoms with Gasteiger partial charge in [0.1, 0.15) is 5.69 Å². The van der Waals surface area contributed by atoms with Gasteiger partial charge in [-0.15, -0.1) is 0 Å². The second-order valence-electron chi connectivity index (χ2n) is 4.19. The fraction of sp³-hybridized carbons (Fsp3) is 0.0769. The first kappa shape index (κ1) is 15.3. The minimum Gasteiger partial charge on any atom is -0.477 e. The molecule has 8 heteroatoms. The lowest BCUT2D eigenvalue weighted by molar-refractivity contribution is 0.0690. The van der Waals surface area contributed by atoms with Gasteiger partial charge in [0, 0.05) is 11.2 Å². The highest BCUT2D eigenvalue weighted by molar-refractivity contribution is 7.91. The van der Waals surface area contributed by atoms with Crippen LogP contribution in [0.2, 0.25) is 5.02 Å². The molecule has 0 saturated heterocycles. The van der Waals surface area contributed by atoms with Gasteiger partial charge in [-0.1, -0.05) is 29.8 Å². The Morgan fingerprint density at radius 2 is 2.00 bits per heavy atom. The summed E-state index contributed by atoms with van der Waals surface area (Å²) in [6.07, 6.45) is 1.22. The molecule has 0 radical (unpaired) electrons. The summed E-state index contributed by atoms with van der Waals surface area (Å²) in [5.74, 6) is -1.54. The van der Waals surface area contributed by atoms with Crippen LogP contribution in [0.3, 0.4) is 0 Å². The molecule has 0 bridgehead atoms. The number of rotatable bonds is 5. The lowest BCUT2D eigenvalue weighted by atomic mass is 10.2. The fourth-order valence-corrected chi connectivity index (χ4v) is 3.15. The molecule has 2 aromatic rings. The van der Waals surface area contributed by atoms with Crippen LogP contribution < -0.4 is 4.72 Å². The van der Waals surface area contributed by atoms with Gasteiger partial charge in [-0.3, -0.25) is 4.72 Å². The highest BCUT2D eigenvalue weighted by Gasteiger charge is 2.15. The summed E-state index contributed by atoms with van der Waals surface area (Å²) in [5, 5.41) is 9.17. The van der Waals surface area contributed by atoms with Crippen LogP contribution in [-0.2, 0) is 15.8 Å². The van der Waals surface area contributed by atoms with Crippen molar-refractivity contribution in [2.75, 3.05) is 4.72 Å². The van der Waals surface area contributed by atoms with Crippen molar-refractivity contribution >= 4 is 33.3 Å². The smallest absolute Gasteiger partial charge is 0.354 e. The predicted octanol–water partition coefficient (Wildman–Crippen LogP) is 2.38. The van der Waals surface area contributed by atoms with Crippen molar-refractivity contribution in [2.45, 2.75) is 5.75 Å². The molecule has 110 valence electrons. The number of sulfonamides is 1. The third-order valence-corrected chi connectivity index (χ3v) is 4.16. The Kier molecular flexibility index (Phi) is 4.44. The number of hydrogen-bond donors (Lipinski definition) is 2. The Hall–Kier alpha value is -2.12. The molecule has 0 aliphatic rings. The topological polar surface area (TPSA) is 96.4 Å². The molecule has 2 N–H and O–H groups in total. The number of hydrogen-bond acceptors (Lipinski definition) is 4. The Bertz CT molecular complexity index is 777. The van der Waals surface area contributed by atoms with Crippen molar-refractivity contribution in [1.82, 2.24) is 4.98 Å². The zero-order chi connectivity index (χ0) is 15.5. The van der Waals surface area contributed by atoms with Crippen LogP contribution in [-0.4, -0.2) is 24.5 Å². The van der Waals surface area contributed by atoms with Crippen LogP contribution in [0.4, 0.5) is 5.69 Å². The van der Waals surface area contributed by atoms with Gasteiger partial charge < -0.3 is 5.11 Å². The number of carbonyl (C=O) groups is 1. The summed E-state index contributed by atoms with van der Waals surface area (Å²) >= 11 is 5.92. The number of aromatic nitrogens is 1. The maximum atomic E-state index is 12.1. The molecule has 0 amide bonds. The number of carboxylic acids is 1. The first-order chi connectivity index (χ1) is 9.87. The standard InChI is InChI=1S/C13H11ClN2O4S/c14-11-4-2-1-3-9(11)8-21(19,20)16-10-5-6-15-12(7-10)13(17)18/h1-7H,8H2,(H,15,16)(H,17,18). The van der Waals surface area contributed by atoms with E-state index >= 15 is 0 Å². The number of halogens is 1. The molecule has 21 heavy (non-hydrogen) atoms. The Morgan fingerprint density at radius 1 is 1.29 bits per heavy atom. The van der Waals surface area contributed by atoms with Crippen LogP contribution in [0, 0.1) is 0 Å². The maximum Gasteiger partial charge on any atom is 0.354 e. The number of nitrogens with one attached hydrogen (secondary N) is 1. The van der Waals surface area contributed by atoms with E-state index in [4.69, 9.17) is 16.7 Å². The zero-order valence-corrected chi connectivity index (χ0v) is 12.2. The molecule has 0 atom stereocenters. The van der Waals surface area contributed by atoms with Crippen molar-refractivity contribution in [1.29, 1.82) is 0 Å². The number of anilines is 1. The average Bonchev–Trinajstić information content (AvgIpc) is 2.41. The Balaban J connectivity index is 2.20. The van der Waals surface area contributed by atoms with Crippen molar-refractivity contribution in [2.24, 2.45) is 0 Å². The van der Waals surface area contributed by atoms with Gasteiger partial charge in [-0.05, 0) is 23.8 Å². The number of carboxylic acid groups (broad SMARTS) is 1. The van der Waals surface area contributed by atoms with Crippen LogP contribution >= 0.6 is 11.6 Å². The molecule has 0 unspecified atom stereocenters. The van der Waals surface area contributed by atoms with E-state index in [1.807, 2.05) is 0 Å². The highest BCUT2D eigenvalue weighted by atomic mass is 35.5. The van der Waals surface area contributed by atoms with Crippen LogP contribution in [0.15, 0.2) is 42.6 Å². The van der Waals surface area contributed by atoms with E-state index in [-0.39, 0.29) is 17.1 Å². The number of nitrogens with zero attached hydrogens (tertiary/aromatic N) is 1. The van der Waals surface area contributed by atoms with E-state index in [9.17, 15) is 13.2 Å². The van der Waals surface area contributed by atoms with Gasteiger partial charge in [0.05, 0.1) is 11.4 Å². The van der Waals surface area contributed by atoms with E-state index < -0.39 is 16.0 Å². The summed E-state index contributed by atoms with van der Waals surface area (Å²) in [6.45, 7) is 0. The van der Waals surface area contributed by atoms with E-state index in [1.165, 1.54) is 12.3 Å². The molecule has 0 aliphatic carbocycles. The Labute approximate surface area is 126 Å². The summed E-state index contributed by atoms with van der Waals surface area (Å²) < 4.78 is 26.4. The van der Waals surface area contributed by atoms with E-state index in [1.54, 1.807) is 24.3 Å². The van der Waals surface area contributed by atoms with Gasteiger partial charge in [0.15, 0.2) is 0 Å². The van der Waals surface area contributed by atoms with Gasteiger partial charge in [-0.2, -0.15) is 0 Å². The average molecular weight is 327 g/mol. The van der Waals surface area contributed by atoms with Crippen LogP contribution in [0.25, 0.3) is 0 Å². The molecular weight excluding hydrogens is 316 g/mol. The molecule has 1 aromatic carbocycles. The van der Waals surface area contributed by atoms with Gasteiger partial charge in [0.25, 0.3) is 0 Å². The minimum absolute atomic E-state index is 0.134. The second-order valence-corrected chi connectivity index (χ2v) is 6.32. The third kappa shape index (κ3) is 4.17. The molecule has 6 nitrogen and oxygen atoms in total. The lowest BCUT2D eigenvalue weighted by Crippen LogP contribution is -2.16. The SMILES string of the molecule is O=C(O)c1cc(NS(=O)(=O)Cc2ccccc2Cl)ccn1. The van der Waals surface area contributed by atoms with E-state index in [0.717, 1.165) is 6.07 Å². The first-order valence-corrected chi connectivity index (χ1v) is 7.84. The molecule has 0 saturated carbocycles. The normalized spacial score (nSPS) is 11.1. The molecule has 2 rings (SSSR count). The molecule has 1 aromatic heterocycles. The molecule has 0 aliphatic heterocycles. The molecule has 0 fully saturated rings. The summed E-state index contributed by atoms with van der Waals surface area (Å²) in [7, 11) is -3.71. The van der Waals surface area contributed by atoms with Gasteiger partial charge >= 0.3 is 5.97 Å². The zero-order valence-electron chi connectivity index (χ0n) is 10.7.